The highest BCUT2D eigenvalue weighted by atomic mass is 31.1. The Bertz CT molecular complexity index is 1320. The van der Waals surface area contributed by atoms with Gasteiger partial charge in [0, 0.05) is 17.9 Å². The first-order valence-corrected chi connectivity index (χ1v) is 12.5. The molecule has 1 aliphatic rings. The zero-order valence-corrected chi connectivity index (χ0v) is 20.0. The lowest BCUT2D eigenvalue weighted by Gasteiger charge is -2.39. The summed E-state index contributed by atoms with van der Waals surface area (Å²) in [5.41, 5.74) is -0.248. The van der Waals surface area contributed by atoms with Crippen LogP contribution in [0.1, 0.15) is 29.7 Å². The number of nitrogens with zero attached hydrogens (tertiary/aromatic N) is 1. The van der Waals surface area contributed by atoms with Gasteiger partial charge in [-0.15, -0.1) is 0 Å². The number of aromatic nitrogens is 1. The van der Waals surface area contributed by atoms with E-state index >= 15 is 0 Å². The Morgan fingerprint density at radius 1 is 1.11 bits per heavy atom. The number of aliphatic carboxylic acids is 1. The minimum absolute atomic E-state index is 0.0870. The third-order valence-corrected chi connectivity index (χ3v) is 7.64. The summed E-state index contributed by atoms with van der Waals surface area (Å²) in [6, 6.07) is 17.4. The van der Waals surface area contributed by atoms with E-state index in [2.05, 4.69) is 16.8 Å². The maximum absolute atomic E-state index is 13.6. The number of aryl methyl sites for hydroxylation is 1. The predicted molar refractivity (Wildman–Crippen MR) is 130 cm³/mol. The Hall–Kier alpha value is -3.30. The van der Waals surface area contributed by atoms with Crippen molar-refractivity contribution in [2.24, 2.45) is 5.92 Å². The first kappa shape index (κ1) is 24.8. The van der Waals surface area contributed by atoms with Crippen LogP contribution in [0.3, 0.4) is 0 Å². The average molecular weight is 493 g/mol. The molecule has 4 rings (SSSR count). The summed E-state index contributed by atoms with van der Waals surface area (Å²) in [4.78, 5) is 27.8. The Morgan fingerprint density at radius 2 is 1.77 bits per heavy atom. The van der Waals surface area contributed by atoms with Gasteiger partial charge in [-0.05, 0) is 49.1 Å². The molecule has 3 N–H and O–H groups in total. The lowest BCUT2D eigenvalue weighted by atomic mass is 9.78. The van der Waals surface area contributed by atoms with Gasteiger partial charge in [-0.1, -0.05) is 60.4 Å². The van der Waals surface area contributed by atoms with Gasteiger partial charge in [0.1, 0.15) is 11.4 Å². The number of carboxylic acids is 1. The van der Waals surface area contributed by atoms with E-state index in [0.717, 1.165) is 24.0 Å². The molecule has 1 aliphatic carbocycles. The lowest BCUT2D eigenvalue weighted by Crippen LogP contribution is -2.55. The largest absolute Gasteiger partial charge is 0.480 e. The lowest BCUT2D eigenvalue weighted by molar-refractivity contribution is -0.146. The number of hydrogen-bond acceptors (Lipinski definition) is 4. The normalized spacial score (nSPS) is 17.4. The van der Waals surface area contributed by atoms with Crippen molar-refractivity contribution in [1.82, 2.24) is 4.98 Å². The summed E-state index contributed by atoms with van der Waals surface area (Å²) in [6.07, 6.45) is 1.10. The number of benzene rings is 2. The van der Waals surface area contributed by atoms with Crippen LogP contribution in [0.5, 0.6) is 0 Å². The second kappa shape index (κ2) is 9.75. The highest BCUT2D eigenvalue weighted by Crippen LogP contribution is 2.51. The molecule has 0 amide bonds. The zero-order valence-electron chi connectivity index (χ0n) is 19.0. The van der Waals surface area contributed by atoms with E-state index in [0.29, 0.717) is 11.3 Å². The average Bonchev–Trinajstić information content (AvgIpc) is 3.66. The van der Waals surface area contributed by atoms with E-state index in [1.54, 1.807) is 6.07 Å². The Morgan fingerprint density at radius 3 is 2.34 bits per heavy atom. The molecule has 1 aromatic heterocycles. The molecular formula is C27H25FNO5P. The smallest absolute Gasteiger partial charge is 0.335 e. The Kier molecular flexibility index (Phi) is 6.91. The molecular weight excluding hydrogens is 468 g/mol. The molecule has 3 aromatic rings. The maximum Gasteiger partial charge on any atom is 0.335 e. The fraction of sp³-hybridized carbons (Fsp3) is 0.259. The third-order valence-electron chi connectivity index (χ3n) is 6.24. The van der Waals surface area contributed by atoms with Gasteiger partial charge in [-0.2, -0.15) is 0 Å². The molecule has 35 heavy (non-hydrogen) atoms. The number of rotatable bonds is 7. The summed E-state index contributed by atoms with van der Waals surface area (Å²) in [5, 5.41) is 19.7. The van der Waals surface area contributed by atoms with Crippen molar-refractivity contribution in [3.8, 4) is 23.1 Å². The van der Waals surface area contributed by atoms with Crippen molar-refractivity contribution in [3.05, 3.63) is 89.4 Å². The first-order valence-electron chi connectivity index (χ1n) is 11.2. The summed E-state index contributed by atoms with van der Waals surface area (Å²) in [5.74, 6) is 2.97. The van der Waals surface area contributed by atoms with Gasteiger partial charge < -0.3 is 15.1 Å². The van der Waals surface area contributed by atoms with Crippen LogP contribution in [0.25, 0.3) is 11.3 Å². The number of halogens is 1. The monoisotopic (exact) mass is 493 g/mol. The standard InChI is InChI=1S/C27H25FNO5P/c1-18-7-14-23(29-24(18)21-5-3-2-4-6-21)26(32,17-20-10-12-22(28)13-11-20)27(25(30)31,35(33)34)16-15-19-8-9-19/h2-7,10-14,19,32,35H,8-9,17H2,1H3,(H,30,31)(H,33,34). The van der Waals surface area contributed by atoms with Crippen LogP contribution in [-0.2, 0) is 21.4 Å². The maximum atomic E-state index is 13.6. The van der Waals surface area contributed by atoms with E-state index in [4.69, 9.17) is 0 Å². The number of aliphatic hydroxyl groups is 1. The second-order valence-corrected chi connectivity index (χ2v) is 10.2. The SMILES string of the molecule is Cc1ccc(C(O)(Cc2ccc(F)cc2)C(C#CC2CC2)(C(=O)O)[PH](=O)O)nc1-c1ccccc1. The molecule has 1 saturated carbocycles. The van der Waals surface area contributed by atoms with Gasteiger partial charge in [-0.3, -0.25) is 4.57 Å². The highest BCUT2D eigenvalue weighted by Gasteiger charge is 2.62. The summed E-state index contributed by atoms with van der Waals surface area (Å²) >= 11 is 0. The fourth-order valence-electron chi connectivity index (χ4n) is 4.05. The number of pyridine rings is 1. The minimum atomic E-state index is -4.00. The van der Waals surface area contributed by atoms with E-state index in [1.165, 1.54) is 30.3 Å². The van der Waals surface area contributed by atoms with Crippen LogP contribution in [0.2, 0.25) is 0 Å². The van der Waals surface area contributed by atoms with Crippen LogP contribution < -0.4 is 0 Å². The van der Waals surface area contributed by atoms with E-state index < -0.39 is 37.0 Å². The molecule has 2 aromatic carbocycles. The summed E-state index contributed by atoms with van der Waals surface area (Å²) < 4.78 is 26.4. The summed E-state index contributed by atoms with van der Waals surface area (Å²) in [7, 11) is -4.00. The number of carboxylic acid groups (broad SMARTS) is 1. The summed E-state index contributed by atoms with van der Waals surface area (Å²) in [6.45, 7) is 1.82. The molecule has 0 bridgehead atoms. The minimum Gasteiger partial charge on any atom is -0.480 e. The Balaban J connectivity index is 1.98. The topological polar surface area (TPSA) is 108 Å². The number of hydrogen-bond donors (Lipinski definition) is 3. The van der Waals surface area contributed by atoms with Gasteiger partial charge in [0.05, 0.1) is 11.4 Å². The van der Waals surface area contributed by atoms with Crippen LogP contribution in [0.4, 0.5) is 4.39 Å². The van der Waals surface area contributed by atoms with E-state index in [9.17, 15) is 28.9 Å². The van der Waals surface area contributed by atoms with Crippen molar-refractivity contribution in [3.63, 3.8) is 0 Å². The fourth-order valence-corrected chi connectivity index (χ4v) is 4.99. The molecule has 3 unspecified atom stereocenters. The molecule has 3 atom stereocenters. The van der Waals surface area contributed by atoms with Gasteiger partial charge in [-0.25, -0.2) is 14.2 Å². The molecule has 0 spiro atoms. The van der Waals surface area contributed by atoms with Crippen molar-refractivity contribution >= 4 is 14.0 Å². The molecule has 0 aliphatic heterocycles. The van der Waals surface area contributed by atoms with Crippen LogP contribution in [0, 0.1) is 30.5 Å². The quantitative estimate of drug-likeness (QED) is 0.334. The van der Waals surface area contributed by atoms with Crippen molar-refractivity contribution < 1.29 is 28.9 Å². The van der Waals surface area contributed by atoms with Gasteiger partial charge in [0.25, 0.3) is 0 Å². The number of carbonyl (C=O) groups is 1. The van der Waals surface area contributed by atoms with Crippen molar-refractivity contribution in [2.45, 2.75) is 36.9 Å². The van der Waals surface area contributed by atoms with Crippen molar-refractivity contribution in [1.29, 1.82) is 0 Å². The first-order chi connectivity index (χ1) is 16.7. The predicted octanol–water partition coefficient (Wildman–Crippen LogP) is 4.33. The molecule has 180 valence electrons. The van der Waals surface area contributed by atoms with Crippen LogP contribution in [-0.4, -0.2) is 31.2 Å². The molecule has 0 radical (unpaired) electrons. The molecule has 0 saturated heterocycles. The van der Waals surface area contributed by atoms with Crippen LogP contribution >= 0.6 is 8.03 Å². The van der Waals surface area contributed by atoms with Crippen LogP contribution in [0.15, 0.2) is 66.7 Å². The van der Waals surface area contributed by atoms with E-state index in [-0.39, 0.29) is 11.6 Å². The van der Waals surface area contributed by atoms with Gasteiger partial charge in [0.15, 0.2) is 0 Å². The zero-order chi connectivity index (χ0) is 25.2. The van der Waals surface area contributed by atoms with Gasteiger partial charge >= 0.3 is 5.97 Å². The molecule has 1 fully saturated rings. The second-order valence-electron chi connectivity index (χ2n) is 8.80. The molecule has 1 heterocycles. The third kappa shape index (κ3) is 4.78. The Labute approximate surface area is 203 Å². The van der Waals surface area contributed by atoms with E-state index in [1.807, 2.05) is 37.3 Å². The van der Waals surface area contributed by atoms with Crippen molar-refractivity contribution in [2.75, 3.05) is 0 Å². The molecule has 6 nitrogen and oxygen atoms in total. The molecule has 8 heteroatoms. The van der Waals surface area contributed by atoms with Gasteiger partial charge in [0.2, 0.25) is 13.2 Å². The highest BCUT2D eigenvalue weighted by molar-refractivity contribution is 7.42.